The van der Waals surface area contributed by atoms with Crippen molar-refractivity contribution in [2.75, 3.05) is 5.32 Å². The SMILES string of the molecule is Cc1csc(Nc2nc3ccc(C(=O)O)cc3o2)n1. The van der Waals surface area contributed by atoms with Crippen molar-refractivity contribution >= 4 is 39.6 Å². The normalized spacial score (nSPS) is 10.8. The number of oxazole rings is 1. The Hall–Kier alpha value is -2.41. The summed E-state index contributed by atoms with van der Waals surface area (Å²) in [5, 5.41) is 14.4. The van der Waals surface area contributed by atoms with Crippen molar-refractivity contribution in [3.63, 3.8) is 0 Å². The summed E-state index contributed by atoms with van der Waals surface area (Å²) in [5.41, 5.74) is 2.11. The van der Waals surface area contributed by atoms with Gasteiger partial charge in [0.25, 0.3) is 0 Å². The van der Waals surface area contributed by atoms with Crippen LogP contribution in [-0.4, -0.2) is 21.0 Å². The zero-order valence-corrected chi connectivity index (χ0v) is 10.7. The molecule has 0 unspecified atom stereocenters. The molecule has 0 amide bonds. The Morgan fingerprint density at radius 1 is 1.42 bits per heavy atom. The van der Waals surface area contributed by atoms with E-state index in [2.05, 4.69) is 15.3 Å². The predicted octanol–water partition coefficient (Wildman–Crippen LogP) is 3.03. The Labute approximate surface area is 111 Å². The summed E-state index contributed by atoms with van der Waals surface area (Å²) in [6.45, 7) is 1.90. The van der Waals surface area contributed by atoms with E-state index < -0.39 is 5.97 Å². The number of thiazole rings is 1. The minimum atomic E-state index is -0.997. The number of hydrogen-bond acceptors (Lipinski definition) is 6. The van der Waals surface area contributed by atoms with Gasteiger partial charge in [0.2, 0.25) is 0 Å². The first-order valence-corrected chi connectivity index (χ1v) is 6.33. The summed E-state index contributed by atoms with van der Waals surface area (Å²) < 4.78 is 5.45. The van der Waals surface area contributed by atoms with E-state index >= 15 is 0 Å². The summed E-state index contributed by atoms with van der Waals surface area (Å²) in [4.78, 5) is 19.3. The number of anilines is 2. The Morgan fingerprint density at radius 2 is 2.26 bits per heavy atom. The molecule has 0 saturated heterocycles. The number of carboxylic acid groups (broad SMARTS) is 1. The summed E-state index contributed by atoms with van der Waals surface area (Å²) in [6, 6.07) is 4.85. The van der Waals surface area contributed by atoms with Crippen LogP contribution in [0.4, 0.5) is 11.1 Å². The molecule has 0 spiro atoms. The third-order valence-corrected chi connectivity index (χ3v) is 3.34. The van der Waals surface area contributed by atoms with Crippen LogP contribution in [0.2, 0.25) is 0 Å². The molecule has 0 atom stereocenters. The molecule has 0 aliphatic heterocycles. The predicted molar refractivity (Wildman–Crippen MR) is 71.1 cm³/mol. The largest absolute Gasteiger partial charge is 0.478 e. The molecule has 0 radical (unpaired) electrons. The number of rotatable bonds is 3. The molecule has 1 aromatic carbocycles. The number of aromatic nitrogens is 2. The topological polar surface area (TPSA) is 88.2 Å². The number of carbonyl (C=O) groups is 1. The van der Waals surface area contributed by atoms with Crippen LogP contribution in [0.3, 0.4) is 0 Å². The first-order valence-electron chi connectivity index (χ1n) is 5.45. The lowest BCUT2D eigenvalue weighted by molar-refractivity contribution is 0.0697. The molecule has 0 fully saturated rings. The molecule has 2 N–H and O–H groups in total. The van der Waals surface area contributed by atoms with Gasteiger partial charge in [-0.2, -0.15) is 4.98 Å². The number of hydrogen-bond donors (Lipinski definition) is 2. The van der Waals surface area contributed by atoms with Gasteiger partial charge in [-0.1, -0.05) is 0 Å². The number of benzene rings is 1. The van der Waals surface area contributed by atoms with Crippen molar-refractivity contribution in [3.05, 3.63) is 34.8 Å². The molecule has 2 heterocycles. The molecule has 0 bridgehead atoms. The number of nitrogens with zero attached hydrogens (tertiary/aromatic N) is 2. The molecule has 0 saturated carbocycles. The van der Waals surface area contributed by atoms with Crippen LogP contribution in [-0.2, 0) is 0 Å². The average Bonchev–Trinajstić information content (AvgIpc) is 2.94. The van der Waals surface area contributed by atoms with Gasteiger partial charge < -0.3 is 9.52 Å². The van der Waals surface area contributed by atoms with E-state index in [9.17, 15) is 4.79 Å². The van der Waals surface area contributed by atoms with E-state index in [1.54, 1.807) is 6.07 Å². The molecular formula is C12H9N3O3S. The van der Waals surface area contributed by atoms with Crippen LogP contribution in [0.25, 0.3) is 11.1 Å². The zero-order valence-electron chi connectivity index (χ0n) is 9.88. The maximum absolute atomic E-state index is 10.9. The fraction of sp³-hybridized carbons (Fsp3) is 0.0833. The van der Waals surface area contributed by atoms with Crippen molar-refractivity contribution in [2.24, 2.45) is 0 Å². The minimum absolute atomic E-state index is 0.167. The molecule has 96 valence electrons. The highest BCUT2D eigenvalue weighted by molar-refractivity contribution is 7.13. The molecule has 3 rings (SSSR count). The summed E-state index contributed by atoms with van der Waals surface area (Å²) in [7, 11) is 0. The van der Waals surface area contributed by atoms with E-state index in [-0.39, 0.29) is 5.56 Å². The monoisotopic (exact) mass is 275 g/mol. The first-order chi connectivity index (χ1) is 9.11. The van der Waals surface area contributed by atoms with Crippen LogP contribution in [0.1, 0.15) is 16.1 Å². The molecule has 0 aliphatic rings. The summed E-state index contributed by atoms with van der Waals surface area (Å²) in [5.74, 6) is -0.997. The van der Waals surface area contributed by atoms with Crippen molar-refractivity contribution in [3.8, 4) is 0 Å². The highest BCUT2D eigenvalue weighted by atomic mass is 32.1. The molecule has 2 aromatic heterocycles. The van der Waals surface area contributed by atoms with Gasteiger partial charge in [0.15, 0.2) is 10.7 Å². The van der Waals surface area contributed by atoms with Gasteiger partial charge in [0.05, 0.1) is 11.3 Å². The van der Waals surface area contributed by atoms with Crippen molar-refractivity contribution in [1.29, 1.82) is 0 Å². The third-order valence-electron chi connectivity index (χ3n) is 2.47. The number of fused-ring (bicyclic) bond motifs is 1. The van der Waals surface area contributed by atoms with Gasteiger partial charge >= 0.3 is 12.0 Å². The van der Waals surface area contributed by atoms with Crippen molar-refractivity contribution in [2.45, 2.75) is 6.92 Å². The molecular weight excluding hydrogens is 266 g/mol. The second kappa shape index (κ2) is 4.36. The Bertz CT molecular complexity index is 763. The lowest BCUT2D eigenvalue weighted by Crippen LogP contribution is -1.94. The van der Waals surface area contributed by atoms with E-state index in [1.807, 2.05) is 12.3 Å². The van der Waals surface area contributed by atoms with Gasteiger partial charge in [0, 0.05) is 5.38 Å². The smallest absolute Gasteiger partial charge is 0.335 e. The quantitative estimate of drug-likeness (QED) is 0.763. The van der Waals surface area contributed by atoms with E-state index in [0.29, 0.717) is 22.2 Å². The number of aryl methyl sites for hydroxylation is 1. The zero-order chi connectivity index (χ0) is 13.4. The van der Waals surface area contributed by atoms with Crippen LogP contribution < -0.4 is 5.32 Å². The van der Waals surface area contributed by atoms with Gasteiger partial charge in [-0.05, 0) is 25.1 Å². The van der Waals surface area contributed by atoms with Crippen LogP contribution >= 0.6 is 11.3 Å². The van der Waals surface area contributed by atoms with Gasteiger partial charge in [-0.15, -0.1) is 11.3 Å². The highest BCUT2D eigenvalue weighted by Gasteiger charge is 2.10. The van der Waals surface area contributed by atoms with Crippen LogP contribution in [0.15, 0.2) is 28.0 Å². The van der Waals surface area contributed by atoms with Crippen LogP contribution in [0, 0.1) is 6.92 Å². The molecule has 0 aliphatic carbocycles. The Balaban J connectivity index is 1.95. The third kappa shape index (κ3) is 2.27. The van der Waals surface area contributed by atoms with Crippen molar-refractivity contribution < 1.29 is 14.3 Å². The fourth-order valence-electron chi connectivity index (χ4n) is 1.61. The molecule has 7 heteroatoms. The van der Waals surface area contributed by atoms with Crippen LogP contribution in [0.5, 0.6) is 0 Å². The maximum atomic E-state index is 10.9. The van der Waals surface area contributed by atoms with E-state index in [0.717, 1.165) is 5.69 Å². The van der Waals surface area contributed by atoms with Gasteiger partial charge in [-0.25, -0.2) is 9.78 Å². The minimum Gasteiger partial charge on any atom is -0.478 e. The van der Waals surface area contributed by atoms with E-state index in [1.165, 1.54) is 23.5 Å². The van der Waals surface area contributed by atoms with Gasteiger partial charge in [-0.3, -0.25) is 5.32 Å². The fourth-order valence-corrected chi connectivity index (χ4v) is 2.29. The lowest BCUT2D eigenvalue weighted by Gasteiger charge is -1.93. The second-order valence-corrected chi connectivity index (χ2v) is 4.78. The van der Waals surface area contributed by atoms with Crippen molar-refractivity contribution in [1.82, 2.24) is 9.97 Å². The molecule has 3 aromatic rings. The maximum Gasteiger partial charge on any atom is 0.335 e. The number of aromatic carboxylic acids is 1. The highest BCUT2D eigenvalue weighted by Crippen LogP contribution is 2.24. The van der Waals surface area contributed by atoms with Gasteiger partial charge in [0.1, 0.15) is 5.52 Å². The first kappa shape index (κ1) is 11.7. The average molecular weight is 275 g/mol. The second-order valence-electron chi connectivity index (χ2n) is 3.93. The summed E-state index contributed by atoms with van der Waals surface area (Å²) in [6.07, 6.45) is 0. The standard InChI is InChI=1S/C12H9N3O3S/c1-6-5-19-12(13-6)15-11-14-8-3-2-7(10(16)17)4-9(8)18-11/h2-5H,1H3,(H,16,17)(H,13,14,15). The lowest BCUT2D eigenvalue weighted by atomic mass is 10.2. The summed E-state index contributed by atoms with van der Waals surface area (Å²) >= 11 is 1.45. The number of nitrogens with one attached hydrogen (secondary N) is 1. The Kier molecular flexibility index (Phi) is 2.68. The Morgan fingerprint density at radius 3 is 2.95 bits per heavy atom. The molecule has 6 nitrogen and oxygen atoms in total. The number of carboxylic acids is 1. The van der Waals surface area contributed by atoms with E-state index in [4.69, 9.17) is 9.52 Å². The molecule has 19 heavy (non-hydrogen) atoms.